The molecule has 1 saturated heterocycles. The van der Waals surface area contributed by atoms with Crippen LogP contribution in [0.1, 0.15) is 22.3 Å². The molecule has 1 atom stereocenters. The zero-order valence-corrected chi connectivity index (χ0v) is 14.5. The van der Waals surface area contributed by atoms with E-state index in [9.17, 15) is 4.79 Å². The van der Waals surface area contributed by atoms with Gasteiger partial charge in [0, 0.05) is 11.9 Å². The Morgan fingerprint density at radius 2 is 2.12 bits per heavy atom. The van der Waals surface area contributed by atoms with Crippen molar-refractivity contribution in [3.05, 3.63) is 47.0 Å². The number of hydrogen-bond acceptors (Lipinski definition) is 4. The van der Waals surface area contributed by atoms with Crippen LogP contribution in [0.2, 0.25) is 0 Å². The molecule has 5 nitrogen and oxygen atoms in total. The van der Waals surface area contributed by atoms with Gasteiger partial charge in [0.25, 0.3) is 5.91 Å². The lowest BCUT2D eigenvalue weighted by atomic mass is 10.2. The summed E-state index contributed by atoms with van der Waals surface area (Å²) < 4.78 is 7.36. The van der Waals surface area contributed by atoms with E-state index >= 15 is 0 Å². The van der Waals surface area contributed by atoms with E-state index in [-0.39, 0.29) is 11.9 Å². The largest absolute Gasteiger partial charge is 0.377 e. The fourth-order valence-corrected chi connectivity index (χ4v) is 4.21. The van der Waals surface area contributed by atoms with Crippen molar-refractivity contribution in [2.75, 3.05) is 19.8 Å². The molecular formula is C18H19N3O2S. The van der Waals surface area contributed by atoms with Gasteiger partial charge in [-0.15, -0.1) is 11.3 Å². The molecule has 1 amide bonds. The molecule has 1 aromatic carbocycles. The van der Waals surface area contributed by atoms with Gasteiger partial charge < -0.3 is 9.64 Å². The van der Waals surface area contributed by atoms with Crippen molar-refractivity contribution in [1.82, 2.24) is 14.7 Å². The minimum absolute atomic E-state index is 0.0889. The van der Waals surface area contributed by atoms with Crippen LogP contribution in [-0.2, 0) is 4.74 Å². The van der Waals surface area contributed by atoms with Crippen molar-refractivity contribution in [3.63, 3.8) is 0 Å². The lowest BCUT2D eigenvalue weighted by Crippen LogP contribution is -2.46. The third-order valence-electron chi connectivity index (χ3n) is 4.38. The molecule has 0 N–H and O–H groups in total. The van der Waals surface area contributed by atoms with Gasteiger partial charge in [-0.1, -0.05) is 18.2 Å². The number of benzene rings is 1. The number of thiophene rings is 1. The number of amides is 1. The lowest BCUT2D eigenvalue weighted by Gasteiger charge is -2.32. The molecule has 3 heterocycles. The summed E-state index contributed by atoms with van der Waals surface area (Å²) in [6.07, 6.45) is 0. The number of rotatable bonds is 2. The number of carbonyl (C=O) groups excluding carboxylic acids is 1. The zero-order valence-electron chi connectivity index (χ0n) is 13.7. The second kappa shape index (κ2) is 6.03. The van der Waals surface area contributed by atoms with Crippen LogP contribution < -0.4 is 0 Å². The number of nitrogens with zero attached hydrogens (tertiary/aromatic N) is 3. The third kappa shape index (κ3) is 2.52. The normalized spacial score (nSPS) is 18.2. The highest BCUT2D eigenvalue weighted by Gasteiger charge is 2.27. The van der Waals surface area contributed by atoms with Gasteiger partial charge in [0.05, 0.1) is 35.5 Å². The average molecular weight is 341 g/mol. The van der Waals surface area contributed by atoms with Crippen LogP contribution in [0.3, 0.4) is 0 Å². The van der Waals surface area contributed by atoms with Crippen molar-refractivity contribution in [2.45, 2.75) is 19.9 Å². The molecule has 1 fully saturated rings. The highest BCUT2D eigenvalue weighted by atomic mass is 32.1. The van der Waals surface area contributed by atoms with Crippen LogP contribution in [0.15, 0.2) is 36.4 Å². The van der Waals surface area contributed by atoms with Crippen LogP contribution in [0, 0.1) is 6.92 Å². The third-order valence-corrected chi connectivity index (χ3v) is 5.48. The summed E-state index contributed by atoms with van der Waals surface area (Å²) in [5.74, 6) is 0.0889. The predicted octanol–water partition coefficient (Wildman–Crippen LogP) is 3.26. The first-order chi connectivity index (χ1) is 11.6. The Labute approximate surface area is 144 Å². The first kappa shape index (κ1) is 15.4. The fourth-order valence-electron chi connectivity index (χ4n) is 3.07. The van der Waals surface area contributed by atoms with Crippen molar-refractivity contribution in [1.29, 1.82) is 0 Å². The maximum atomic E-state index is 12.9. The van der Waals surface area contributed by atoms with Crippen LogP contribution in [0.25, 0.3) is 15.9 Å². The van der Waals surface area contributed by atoms with Gasteiger partial charge in [-0.25, -0.2) is 4.68 Å². The quantitative estimate of drug-likeness (QED) is 0.719. The molecule has 3 aromatic rings. The minimum atomic E-state index is 0.0889. The maximum absolute atomic E-state index is 12.9. The summed E-state index contributed by atoms with van der Waals surface area (Å²) in [4.78, 5) is 16.6. The Morgan fingerprint density at radius 3 is 2.88 bits per heavy atom. The second-order valence-corrected chi connectivity index (χ2v) is 7.12. The maximum Gasteiger partial charge on any atom is 0.264 e. The molecule has 0 spiro atoms. The Morgan fingerprint density at radius 1 is 1.33 bits per heavy atom. The fraction of sp³-hybridized carbons (Fsp3) is 0.333. The molecule has 0 saturated carbocycles. The molecule has 0 unspecified atom stereocenters. The molecule has 6 heteroatoms. The number of fused-ring (bicyclic) bond motifs is 1. The van der Waals surface area contributed by atoms with Crippen molar-refractivity contribution in [2.24, 2.45) is 0 Å². The van der Waals surface area contributed by atoms with Gasteiger partial charge in [-0.2, -0.15) is 5.10 Å². The molecule has 1 aliphatic rings. The van der Waals surface area contributed by atoms with E-state index in [1.807, 2.05) is 59.8 Å². The molecular weight excluding hydrogens is 322 g/mol. The van der Waals surface area contributed by atoms with E-state index in [1.54, 1.807) is 0 Å². The van der Waals surface area contributed by atoms with Crippen molar-refractivity contribution in [3.8, 4) is 5.69 Å². The van der Waals surface area contributed by atoms with Crippen LogP contribution in [0.4, 0.5) is 0 Å². The molecule has 4 rings (SSSR count). The first-order valence-corrected chi connectivity index (χ1v) is 8.90. The number of carbonyl (C=O) groups is 1. The van der Waals surface area contributed by atoms with Gasteiger partial charge in [0.15, 0.2) is 0 Å². The lowest BCUT2D eigenvalue weighted by molar-refractivity contribution is 0.00387. The topological polar surface area (TPSA) is 47.4 Å². The van der Waals surface area contributed by atoms with E-state index in [4.69, 9.17) is 4.74 Å². The summed E-state index contributed by atoms with van der Waals surface area (Å²) >= 11 is 1.51. The van der Waals surface area contributed by atoms with Crippen molar-refractivity contribution < 1.29 is 9.53 Å². The highest BCUT2D eigenvalue weighted by Crippen LogP contribution is 2.31. The average Bonchev–Trinajstić information content (AvgIpc) is 3.16. The molecule has 1 aliphatic heterocycles. The Bertz CT molecular complexity index is 884. The molecule has 0 bridgehead atoms. The number of ether oxygens (including phenoxy) is 1. The smallest absolute Gasteiger partial charge is 0.264 e. The van der Waals surface area contributed by atoms with E-state index in [0.717, 1.165) is 26.5 Å². The van der Waals surface area contributed by atoms with Crippen LogP contribution in [-0.4, -0.2) is 46.4 Å². The number of aryl methyl sites for hydroxylation is 1. The Balaban J connectivity index is 1.75. The zero-order chi connectivity index (χ0) is 16.7. The van der Waals surface area contributed by atoms with Crippen LogP contribution >= 0.6 is 11.3 Å². The van der Waals surface area contributed by atoms with Crippen LogP contribution in [0.5, 0.6) is 0 Å². The second-order valence-electron chi connectivity index (χ2n) is 6.08. The van der Waals surface area contributed by atoms with Gasteiger partial charge in [0.1, 0.15) is 4.83 Å². The summed E-state index contributed by atoms with van der Waals surface area (Å²) in [6.45, 7) is 5.88. The summed E-state index contributed by atoms with van der Waals surface area (Å²) in [6, 6.07) is 12.1. The molecule has 0 aliphatic carbocycles. The predicted molar refractivity (Wildman–Crippen MR) is 95.0 cm³/mol. The van der Waals surface area contributed by atoms with Gasteiger partial charge in [-0.3, -0.25) is 4.79 Å². The summed E-state index contributed by atoms with van der Waals surface area (Å²) in [7, 11) is 0. The Kier molecular flexibility index (Phi) is 3.86. The van der Waals surface area contributed by atoms with E-state index in [2.05, 4.69) is 5.10 Å². The molecule has 2 aromatic heterocycles. The van der Waals surface area contributed by atoms with Crippen molar-refractivity contribution >= 4 is 27.5 Å². The SMILES string of the molecule is Cc1nn(-c2ccccc2)c2sc(C(=O)N3CCOC[C@@H]3C)cc12. The Hall–Kier alpha value is -2.18. The number of hydrogen-bond donors (Lipinski definition) is 0. The number of aromatic nitrogens is 2. The monoisotopic (exact) mass is 341 g/mol. The number of morpholine rings is 1. The van der Waals surface area contributed by atoms with Gasteiger partial charge in [0.2, 0.25) is 0 Å². The summed E-state index contributed by atoms with van der Waals surface area (Å²) in [5, 5.41) is 5.68. The minimum Gasteiger partial charge on any atom is -0.377 e. The molecule has 0 radical (unpaired) electrons. The molecule has 24 heavy (non-hydrogen) atoms. The van der Waals surface area contributed by atoms with Gasteiger partial charge >= 0.3 is 0 Å². The van der Waals surface area contributed by atoms with E-state index in [1.165, 1.54) is 11.3 Å². The highest BCUT2D eigenvalue weighted by molar-refractivity contribution is 7.20. The number of para-hydroxylation sites is 1. The first-order valence-electron chi connectivity index (χ1n) is 8.08. The van der Waals surface area contributed by atoms with E-state index in [0.29, 0.717) is 19.8 Å². The summed E-state index contributed by atoms with van der Waals surface area (Å²) in [5.41, 5.74) is 1.95. The standard InChI is InChI=1S/C18H19N3O2S/c1-12-11-23-9-8-20(12)17(22)16-10-15-13(2)19-21(18(15)24-16)14-6-4-3-5-7-14/h3-7,10,12H,8-9,11H2,1-2H3/t12-/m0/s1. The van der Waals surface area contributed by atoms with Gasteiger partial charge in [-0.05, 0) is 32.0 Å². The molecule has 124 valence electrons. The van der Waals surface area contributed by atoms with E-state index < -0.39 is 0 Å².